The number of hydrogen-bond donors (Lipinski definition) is 1. The lowest BCUT2D eigenvalue weighted by atomic mass is 9.98. The maximum absolute atomic E-state index is 6.23. The molecule has 2 atom stereocenters. The van der Waals surface area contributed by atoms with Crippen LogP contribution in [0, 0.1) is 6.92 Å². The van der Waals surface area contributed by atoms with Crippen molar-refractivity contribution in [3.63, 3.8) is 0 Å². The molecule has 2 N–H and O–H groups in total. The standard InChI is InChI=1S/C18H25N3/c1-14-7-6-8-16(13-14)18(15(2)19)21(3)12-10-17-9-4-5-11-20-17/h4-9,11,13,15,18H,10,12,19H2,1-3H3. The quantitative estimate of drug-likeness (QED) is 0.886. The molecule has 0 saturated carbocycles. The second-order valence-electron chi connectivity index (χ2n) is 5.77. The minimum atomic E-state index is 0.0838. The van der Waals surface area contributed by atoms with Gasteiger partial charge >= 0.3 is 0 Å². The molecule has 0 aliphatic rings. The van der Waals surface area contributed by atoms with Gasteiger partial charge in [0.2, 0.25) is 0 Å². The number of hydrogen-bond acceptors (Lipinski definition) is 3. The molecule has 21 heavy (non-hydrogen) atoms. The van der Waals surface area contributed by atoms with Crippen LogP contribution in [0.1, 0.15) is 29.8 Å². The summed E-state index contributed by atoms with van der Waals surface area (Å²) in [6, 6.07) is 15.0. The van der Waals surface area contributed by atoms with Crippen molar-refractivity contribution in [2.75, 3.05) is 13.6 Å². The number of nitrogens with zero attached hydrogens (tertiary/aromatic N) is 2. The van der Waals surface area contributed by atoms with Gasteiger partial charge in [0, 0.05) is 36.9 Å². The smallest absolute Gasteiger partial charge is 0.0493 e. The normalized spacial score (nSPS) is 14.1. The molecule has 112 valence electrons. The zero-order valence-corrected chi connectivity index (χ0v) is 13.2. The minimum absolute atomic E-state index is 0.0838. The molecule has 0 saturated heterocycles. The number of nitrogens with two attached hydrogens (primary N) is 1. The topological polar surface area (TPSA) is 42.1 Å². The Morgan fingerprint density at radius 1 is 1.19 bits per heavy atom. The summed E-state index contributed by atoms with van der Waals surface area (Å²) in [6.45, 7) is 5.14. The van der Waals surface area contributed by atoms with E-state index < -0.39 is 0 Å². The average molecular weight is 283 g/mol. The van der Waals surface area contributed by atoms with Crippen molar-refractivity contribution in [2.24, 2.45) is 5.73 Å². The van der Waals surface area contributed by atoms with E-state index in [-0.39, 0.29) is 12.1 Å². The highest BCUT2D eigenvalue weighted by atomic mass is 15.1. The summed E-state index contributed by atoms with van der Waals surface area (Å²) in [5, 5.41) is 0. The maximum Gasteiger partial charge on any atom is 0.0493 e. The SMILES string of the molecule is Cc1cccc(C(C(C)N)N(C)CCc2ccccn2)c1. The van der Waals surface area contributed by atoms with E-state index >= 15 is 0 Å². The fourth-order valence-electron chi connectivity index (χ4n) is 2.79. The second-order valence-corrected chi connectivity index (χ2v) is 5.77. The Hall–Kier alpha value is -1.71. The van der Waals surface area contributed by atoms with E-state index in [0.717, 1.165) is 18.7 Å². The molecule has 1 heterocycles. The Labute approximate surface area is 127 Å². The predicted octanol–water partition coefficient (Wildman–Crippen LogP) is 2.95. The van der Waals surface area contributed by atoms with Gasteiger partial charge in [0.1, 0.15) is 0 Å². The van der Waals surface area contributed by atoms with Gasteiger partial charge in [0.05, 0.1) is 0 Å². The van der Waals surface area contributed by atoms with Crippen molar-refractivity contribution in [2.45, 2.75) is 32.4 Å². The Bertz CT molecular complexity index is 551. The zero-order valence-electron chi connectivity index (χ0n) is 13.2. The molecule has 3 nitrogen and oxygen atoms in total. The molecule has 0 amide bonds. The van der Waals surface area contributed by atoms with Crippen molar-refractivity contribution in [1.82, 2.24) is 9.88 Å². The third-order valence-corrected chi connectivity index (χ3v) is 3.80. The van der Waals surface area contributed by atoms with Crippen molar-refractivity contribution in [1.29, 1.82) is 0 Å². The van der Waals surface area contributed by atoms with E-state index in [4.69, 9.17) is 5.73 Å². The molecule has 0 spiro atoms. The second kappa shape index (κ2) is 7.34. The van der Waals surface area contributed by atoms with E-state index in [9.17, 15) is 0 Å². The van der Waals surface area contributed by atoms with Crippen molar-refractivity contribution in [3.8, 4) is 0 Å². The van der Waals surface area contributed by atoms with Gasteiger partial charge in [-0.25, -0.2) is 0 Å². The Balaban J connectivity index is 2.07. The van der Waals surface area contributed by atoms with E-state index in [1.165, 1.54) is 11.1 Å². The molecule has 3 heteroatoms. The van der Waals surface area contributed by atoms with Crippen LogP contribution in [-0.4, -0.2) is 29.5 Å². The van der Waals surface area contributed by atoms with Crippen LogP contribution in [0.15, 0.2) is 48.7 Å². The molecule has 2 aromatic rings. The molecular formula is C18H25N3. The van der Waals surface area contributed by atoms with E-state index in [1.807, 2.05) is 18.3 Å². The van der Waals surface area contributed by atoms with Gasteiger partial charge in [-0.2, -0.15) is 0 Å². The lowest BCUT2D eigenvalue weighted by molar-refractivity contribution is 0.221. The largest absolute Gasteiger partial charge is 0.326 e. The summed E-state index contributed by atoms with van der Waals surface area (Å²) in [5.74, 6) is 0. The van der Waals surface area contributed by atoms with Crippen LogP contribution in [0.5, 0.6) is 0 Å². The zero-order chi connectivity index (χ0) is 15.2. The van der Waals surface area contributed by atoms with Gasteiger partial charge in [-0.05, 0) is 38.6 Å². The van der Waals surface area contributed by atoms with E-state index in [1.54, 1.807) is 0 Å². The summed E-state index contributed by atoms with van der Waals surface area (Å²) in [5.41, 5.74) is 9.91. The number of benzene rings is 1. The number of aromatic nitrogens is 1. The number of pyridine rings is 1. The first-order valence-electron chi connectivity index (χ1n) is 7.50. The minimum Gasteiger partial charge on any atom is -0.326 e. The van der Waals surface area contributed by atoms with Gasteiger partial charge in [-0.1, -0.05) is 35.9 Å². The highest BCUT2D eigenvalue weighted by Crippen LogP contribution is 2.23. The molecule has 0 radical (unpaired) electrons. The fraction of sp³-hybridized carbons (Fsp3) is 0.389. The molecular weight excluding hydrogens is 258 g/mol. The van der Waals surface area contributed by atoms with Gasteiger partial charge < -0.3 is 5.73 Å². The third kappa shape index (κ3) is 4.38. The average Bonchev–Trinajstić information content (AvgIpc) is 2.46. The molecule has 0 aliphatic heterocycles. The molecule has 0 fully saturated rings. The molecule has 1 aromatic heterocycles. The molecule has 0 aliphatic carbocycles. The Morgan fingerprint density at radius 3 is 2.62 bits per heavy atom. The van der Waals surface area contributed by atoms with Gasteiger partial charge in [-0.3, -0.25) is 9.88 Å². The summed E-state index contributed by atoms with van der Waals surface area (Å²) in [6.07, 6.45) is 2.78. The van der Waals surface area contributed by atoms with Gasteiger partial charge in [0.25, 0.3) is 0 Å². The molecule has 1 aromatic carbocycles. The van der Waals surface area contributed by atoms with E-state index in [0.29, 0.717) is 0 Å². The van der Waals surface area contributed by atoms with Crippen LogP contribution < -0.4 is 5.73 Å². The molecule has 0 bridgehead atoms. The predicted molar refractivity (Wildman–Crippen MR) is 88.1 cm³/mol. The summed E-state index contributed by atoms with van der Waals surface area (Å²) in [7, 11) is 2.14. The highest BCUT2D eigenvalue weighted by Gasteiger charge is 2.21. The Kier molecular flexibility index (Phi) is 5.48. The van der Waals surface area contributed by atoms with E-state index in [2.05, 4.69) is 61.1 Å². The van der Waals surface area contributed by atoms with Crippen molar-refractivity contribution < 1.29 is 0 Å². The van der Waals surface area contributed by atoms with Crippen LogP contribution >= 0.6 is 0 Å². The van der Waals surface area contributed by atoms with Crippen LogP contribution in [-0.2, 0) is 6.42 Å². The summed E-state index contributed by atoms with van der Waals surface area (Å²) in [4.78, 5) is 6.71. The summed E-state index contributed by atoms with van der Waals surface area (Å²) < 4.78 is 0. The number of likely N-dealkylation sites (N-methyl/N-ethyl adjacent to an activating group) is 1. The maximum atomic E-state index is 6.23. The summed E-state index contributed by atoms with van der Waals surface area (Å²) >= 11 is 0. The van der Waals surface area contributed by atoms with Crippen LogP contribution in [0.25, 0.3) is 0 Å². The van der Waals surface area contributed by atoms with Crippen molar-refractivity contribution in [3.05, 3.63) is 65.5 Å². The van der Waals surface area contributed by atoms with Crippen LogP contribution in [0.3, 0.4) is 0 Å². The van der Waals surface area contributed by atoms with Gasteiger partial charge in [0.15, 0.2) is 0 Å². The monoisotopic (exact) mass is 283 g/mol. The fourth-order valence-corrected chi connectivity index (χ4v) is 2.79. The van der Waals surface area contributed by atoms with Crippen LogP contribution in [0.4, 0.5) is 0 Å². The number of aryl methyl sites for hydroxylation is 1. The highest BCUT2D eigenvalue weighted by molar-refractivity contribution is 5.26. The third-order valence-electron chi connectivity index (χ3n) is 3.80. The molecule has 2 unspecified atom stereocenters. The number of rotatable bonds is 6. The van der Waals surface area contributed by atoms with Crippen molar-refractivity contribution >= 4 is 0 Å². The molecule has 2 rings (SSSR count). The first-order chi connectivity index (χ1) is 10.1. The lowest BCUT2D eigenvalue weighted by Crippen LogP contribution is -2.38. The first kappa shape index (κ1) is 15.7. The van der Waals surface area contributed by atoms with Crippen LogP contribution in [0.2, 0.25) is 0 Å². The lowest BCUT2D eigenvalue weighted by Gasteiger charge is -2.31. The Morgan fingerprint density at radius 2 is 2.00 bits per heavy atom. The van der Waals surface area contributed by atoms with Gasteiger partial charge in [-0.15, -0.1) is 0 Å². The first-order valence-corrected chi connectivity index (χ1v) is 7.50.